The lowest BCUT2D eigenvalue weighted by Gasteiger charge is -2.40. The molecule has 23 nitrogen and oxygen atoms in total. The number of phenolic OH excluding ortho intramolecular Hbond substituents is 2. The Morgan fingerprint density at radius 3 is 1.31 bits per heavy atom. The van der Waals surface area contributed by atoms with Crippen LogP contribution in [0.2, 0.25) is 0 Å². The Morgan fingerprint density at radius 1 is 0.430 bits per heavy atom. The van der Waals surface area contributed by atoms with Gasteiger partial charge in [-0.3, -0.25) is 28.9 Å². The molecule has 0 saturated heterocycles. The summed E-state index contributed by atoms with van der Waals surface area (Å²) in [5.41, 5.74) is 7.39. The average Bonchev–Trinajstić information content (AvgIpc) is 1.72. The van der Waals surface area contributed by atoms with Crippen molar-refractivity contribution in [1.29, 1.82) is 0 Å². The molecule has 1 fully saturated rings. The number of carbonyl (C=O) groups excluding carboxylic acids is 5. The molecule has 5 aliphatic heterocycles. The number of fused-ring (bicyclic) bond motifs is 8. The number of anilines is 1. The summed E-state index contributed by atoms with van der Waals surface area (Å²) in [4.78, 5) is 65.2. The van der Waals surface area contributed by atoms with Crippen LogP contribution in [0, 0.1) is 6.92 Å². The highest BCUT2D eigenvalue weighted by Crippen LogP contribution is 2.46. The van der Waals surface area contributed by atoms with Gasteiger partial charge in [0.1, 0.15) is 40.2 Å². The van der Waals surface area contributed by atoms with Gasteiger partial charge in [0.25, 0.3) is 5.91 Å². The van der Waals surface area contributed by atoms with Crippen LogP contribution in [0.4, 0.5) is 32.2 Å². The number of sulfonamides is 2. The van der Waals surface area contributed by atoms with E-state index in [1.165, 1.54) is 82.7 Å². The van der Waals surface area contributed by atoms with Gasteiger partial charge in [0.2, 0.25) is 12.8 Å². The quantitative estimate of drug-likeness (QED) is 0.0691. The van der Waals surface area contributed by atoms with E-state index in [-0.39, 0.29) is 49.7 Å². The lowest BCUT2D eigenvalue weighted by molar-refractivity contribution is -0.120. The Hall–Kier alpha value is -11.5. The Bertz CT molecular complexity index is 5990. The molecule has 1 aromatic heterocycles. The number of methoxy groups -OCH3 is 5. The SMILES string of the molecule is CC1(C)CN(C2CC2)Cc2ccc(O)cc21.CC1(C)CN(C=O)Cc2ccc(O)cc21.COc1ccc2c(c1)C(C)(C)CC2.COc1ccc2c(c1)C(C)(C)CC2=O.COc1ccc2c(c1)C(C)(C)CN(C=O)C2.COc1ccc2c(c1)C(C)(C)CNC2.COc1ccc2c(c1)C(C)(C)CNC2=O.Cc1ccc(N(S(=O)(=O)C(F)(F)F)S(=O)(=O)C(F)(F)F)nc1.O=C1CCc2ccccc21. The van der Waals surface area contributed by atoms with Gasteiger partial charge in [-0.25, -0.2) is 4.98 Å². The molecule has 4 N–H and O–H groups in total. The number of ether oxygens (including phenoxy) is 5. The third kappa shape index (κ3) is 25.2. The van der Waals surface area contributed by atoms with E-state index in [4.69, 9.17) is 23.7 Å². The van der Waals surface area contributed by atoms with Crippen molar-refractivity contribution in [3.8, 4) is 40.2 Å². The maximum absolute atomic E-state index is 12.5. The Kier molecular flexibility index (Phi) is 32.8. The summed E-state index contributed by atoms with van der Waals surface area (Å²) in [6, 6.07) is 51.3. The lowest BCUT2D eigenvalue weighted by Crippen LogP contribution is -2.49. The predicted octanol–water partition coefficient (Wildman–Crippen LogP) is 19.2. The fourth-order valence-electron chi connectivity index (χ4n) is 18.2. The number of benzene rings is 8. The summed E-state index contributed by atoms with van der Waals surface area (Å²) in [6.45, 7) is 39.6. The third-order valence-corrected chi connectivity index (χ3v) is 29.4. The van der Waals surface area contributed by atoms with Crippen LogP contribution in [0.3, 0.4) is 0 Å². The van der Waals surface area contributed by atoms with E-state index in [2.05, 4.69) is 160 Å². The number of aromatic hydroxyl groups is 2. The summed E-state index contributed by atoms with van der Waals surface area (Å²) >= 11 is 0. The van der Waals surface area contributed by atoms with Crippen LogP contribution in [0.15, 0.2) is 170 Å². The molecule has 9 aliphatic rings. The second kappa shape index (κ2) is 42.0. The number of amides is 3. The Balaban J connectivity index is 0.000000158. The number of aryl methyl sites for hydroxylation is 3. The molecule has 6 heterocycles. The number of pyridine rings is 1. The maximum atomic E-state index is 12.5. The number of hydrogen-bond acceptors (Lipinski definition) is 19. The number of nitrogens with zero attached hydrogens (tertiary/aromatic N) is 5. The highest BCUT2D eigenvalue weighted by molar-refractivity contribution is 8.11. The van der Waals surface area contributed by atoms with Crippen molar-refractivity contribution in [1.82, 2.24) is 30.3 Å². The summed E-state index contributed by atoms with van der Waals surface area (Å²) in [7, 11) is -5.36. The molecular formula is C104H127F6N7O16S2. The van der Waals surface area contributed by atoms with Crippen molar-refractivity contribution in [2.24, 2.45) is 0 Å². The zero-order valence-corrected chi connectivity index (χ0v) is 82.3. The number of phenols is 2. The molecule has 135 heavy (non-hydrogen) atoms. The Labute approximate surface area is 789 Å². The number of Topliss-reactive ketones (excluding diaryl/α,β-unsaturated/α-hetero) is 2. The average molecular weight is 1910 g/mol. The van der Waals surface area contributed by atoms with E-state index in [1.807, 2.05) is 102 Å². The summed E-state index contributed by atoms with van der Waals surface area (Å²) in [6.07, 6.45) is 9.98. The van der Waals surface area contributed by atoms with Gasteiger partial charge in [-0.1, -0.05) is 158 Å². The van der Waals surface area contributed by atoms with Crippen molar-refractivity contribution >= 4 is 56.2 Å². The van der Waals surface area contributed by atoms with Gasteiger partial charge in [-0.2, -0.15) is 43.2 Å². The van der Waals surface area contributed by atoms with Crippen molar-refractivity contribution in [3.63, 3.8) is 0 Å². The number of alkyl halides is 6. The van der Waals surface area contributed by atoms with Gasteiger partial charge in [0.05, 0.1) is 35.5 Å². The molecule has 9 aromatic rings. The molecule has 728 valence electrons. The molecule has 0 spiro atoms. The van der Waals surface area contributed by atoms with Gasteiger partial charge >= 0.3 is 31.1 Å². The second-order valence-corrected chi connectivity index (χ2v) is 43.5. The Morgan fingerprint density at radius 2 is 0.844 bits per heavy atom. The highest BCUT2D eigenvalue weighted by atomic mass is 32.3. The number of carbonyl (C=O) groups is 5. The van der Waals surface area contributed by atoms with Gasteiger partial charge in [-0.15, -0.1) is 3.71 Å². The first-order valence-electron chi connectivity index (χ1n) is 44.7. The van der Waals surface area contributed by atoms with Crippen molar-refractivity contribution in [2.45, 2.75) is 230 Å². The normalized spacial score (nSPS) is 18.0. The van der Waals surface area contributed by atoms with E-state index >= 15 is 0 Å². The lowest BCUT2D eigenvalue weighted by atomic mass is 9.78. The van der Waals surface area contributed by atoms with Crippen LogP contribution in [0.5, 0.6) is 40.2 Å². The molecule has 18 rings (SSSR count). The van der Waals surface area contributed by atoms with E-state index in [1.54, 1.807) is 52.6 Å². The van der Waals surface area contributed by atoms with Crippen LogP contribution in [0.25, 0.3) is 0 Å². The van der Waals surface area contributed by atoms with Gasteiger partial charge in [0, 0.05) is 128 Å². The number of nitrogens with one attached hydrogen (secondary N) is 2. The zero-order valence-electron chi connectivity index (χ0n) is 80.6. The molecule has 4 aliphatic carbocycles. The molecule has 3 amide bonds. The van der Waals surface area contributed by atoms with Crippen molar-refractivity contribution in [2.75, 3.05) is 72.0 Å². The molecular weight excluding hydrogens is 1780 g/mol. The van der Waals surface area contributed by atoms with Crippen LogP contribution >= 0.6 is 0 Å². The second-order valence-electron chi connectivity index (χ2n) is 39.7. The molecule has 0 unspecified atom stereocenters. The van der Waals surface area contributed by atoms with Gasteiger partial charge in [-0.05, 0) is 231 Å². The minimum absolute atomic E-state index is 0.00646. The van der Waals surface area contributed by atoms with E-state index in [0.717, 1.165) is 132 Å². The number of aromatic nitrogens is 1. The fraction of sp³-hybridized carbons (Fsp3) is 0.442. The summed E-state index contributed by atoms with van der Waals surface area (Å²) < 4.78 is 144. The molecule has 8 aromatic carbocycles. The van der Waals surface area contributed by atoms with Gasteiger partial charge < -0.3 is 54.3 Å². The standard InChI is InChI=1S/C14H19NO.C13H17NO2.2C12H15NO2.C12H17NO.C12H14O2.C12H16O.C9H8O.C8H6F6N2O4S2/c1-14(2)9-15(11-4-5-11)8-10-3-6-12(16)7-13(10)14;1-13(2)8-14(9-15)7-10-4-5-11(16-3)6-12(10)13;1-12(2)7-13-11(14)9-5-4-8(15-3)6-10(9)12;1-12(2)7-13(8-14)6-9-3-4-10(15)5-11(9)12;1-12(2)8-13-7-9-4-5-10(14-3)6-11(9)12;1-12(2)7-11(13)9-5-4-8(14-3)6-10(9)12;1-12(2)7-6-9-4-5-10(13-3)8-11(9)12;10-9-6-5-7-3-1-2-4-8(7)9;1-5-2-3-6(15-4-5)16(21(17,18)7(9,10)11)22(19,20)8(12,13)14/h3,6-7,11,16H,4-5,8-9H2,1-2H3;4-6,9H,7-8H2,1-3H3;4-6H,7H2,1-3H3,(H,13,14);3-5,8,15H,6-7H2,1-2H3;4-6,13H,7-8H2,1-3H3;4-6H,7H2,1-3H3;4-5,8H,6-7H2,1-3H3;1-4H,5-6H2;2-4H,1H3. The first-order valence-corrected chi connectivity index (χ1v) is 47.5. The number of rotatable bonds is 11. The highest BCUT2D eigenvalue weighted by Gasteiger charge is 2.62. The van der Waals surface area contributed by atoms with Crippen LogP contribution in [0.1, 0.15) is 238 Å². The topological polar surface area (TPSA) is 290 Å². The summed E-state index contributed by atoms with van der Waals surface area (Å²) in [5, 5.41) is 25.4. The van der Waals surface area contributed by atoms with Gasteiger partial charge in [0.15, 0.2) is 17.4 Å². The maximum Gasteiger partial charge on any atom is 0.517 e. The van der Waals surface area contributed by atoms with Crippen molar-refractivity contribution in [3.05, 3.63) is 265 Å². The molecule has 1 saturated carbocycles. The number of hydrogen-bond donors (Lipinski definition) is 4. The monoisotopic (exact) mass is 1910 g/mol. The molecule has 0 atom stereocenters. The minimum atomic E-state index is -6.88. The van der Waals surface area contributed by atoms with E-state index in [9.17, 15) is 77.4 Å². The molecule has 0 radical (unpaired) electrons. The number of halogens is 6. The first-order chi connectivity index (χ1) is 63.0. The first kappa shape index (κ1) is 106. The fourth-order valence-corrected chi connectivity index (χ4v) is 20.8. The number of ketones is 2. The van der Waals surface area contributed by atoms with Crippen molar-refractivity contribution < 1.29 is 101 Å². The molecule has 0 bridgehead atoms. The third-order valence-electron chi connectivity index (χ3n) is 25.8. The van der Waals surface area contributed by atoms with E-state index < -0.39 is 40.6 Å². The minimum Gasteiger partial charge on any atom is -0.508 e. The van der Waals surface area contributed by atoms with Crippen LogP contribution < -0.4 is 38.0 Å². The van der Waals surface area contributed by atoms with Crippen LogP contribution in [-0.4, -0.2) is 162 Å². The van der Waals surface area contributed by atoms with Crippen LogP contribution in [-0.2, 0) is 107 Å². The molecule has 31 heteroatoms. The zero-order chi connectivity index (χ0) is 99.7. The van der Waals surface area contributed by atoms with E-state index in [0.29, 0.717) is 74.0 Å². The smallest absolute Gasteiger partial charge is 0.508 e. The predicted molar refractivity (Wildman–Crippen MR) is 511 cm³/mol. The summed E-state index contributed by atoms with van der Waals surface area (Å²) in [5.74, 6) is 4.13. The largest absolute Gasteiger partial charge is 0.517 e.